The maximum atomic E-state index is 12.4. The van der Waals surface area contributed by atoms with Crippen LogP contribution in [-0.2, 0) is 24.8 Å². The fourth-order valence-corrected chi connectivity index (χ4v) is 4.80. The maximum absolute atomic E-state index is 12.4. The topological polar surface area (TPSA) is 132 Å². The van der Waals surface area contributed by atoms with E-state index in [1.165, 1.54) is 44.4 Å². The lowest BCUT2D eigenvalue weighted by atomic mass is 10.2. The molecule has 1 aliphatic rings. The number of carbonyl (C=O) groups is 1. The summed E-state index contributed by atoms with van der Waals surface area (Å²) in [5, 5.41) is 2.61. The van der Waals surface area contributed by atoms with E-state index >= 15 is 0 Å². The third kappa shape index (κ3) is 6.30. The van der Waals surface area contributed by atoms with E-state index in [2.05, 4.69) is 5.32 Å². The second-order valence-corrected chi connectivity index (χ2v) is 11.6. The number of anilines is 1. The van der Waals surface area contributed by atoms with Crippen LogP contribution in [0.5, 0.6) is 17.2 Å². The first kappa shape index (κ1) is 25.6. The summed E-state index contributed by atoms with van der Waals surface area (Å²) in [6.07, 6.45) is 1.01. The summed E-state index contributed by atoms with van der Waals surface area (Å²) >= 11 is 0. The van der Waals surface area contributed by atoms with E-state index < -0.39 is 32.5 Å². The van der Waals surface area contributed by atoms with E-state index in [0.717, 1.165) is 14.9 Å². The standard InChI is InChI=1S/C21H27N3O8S2/c1-23(2)34(28,29)18-7-5-17(6-8-18)30-11-10-22-21(25)15-24(33(3,26)27)16-4-9-19-20(14-16)32-13-12-31-19/h4-9,14H,10-13,15H2,1-3H3,(H,22,25). The number of rotatable bonds is 10. The number of benzene rings is 2. The van der Waals surface area contributed by atoms with Crippen molar-refractivity contribution in [2.24, 2.45) is 0 Å². The van der Waals surface area contributed by atoms with Gasteiger partial charge in [-0.1, -0.05) is 0 Å². The number of hydrogen-bond donors (Lipinski definition) is 1. The predicted octanol–water partition coefficient (Wildman–Crippen LogP) is 0.669. The molecule has 0 saturated heterocycles. The Balaban J connectivity index is 1.54. The quantitative estimate of drug-likeness (QED) is 0.459. The Morgan fingerprint density at radius 3 is 2.26 bits per heavy atom. The molecule has 13 heteroatoms. The summed E-state index contributed by atoms with van der Waals surface area (Å²) in [5.41, 5.74) is 0.283. The molecule has 1 N–H and O–H groups in total. The predicted molar refractivity (Wildman–Crippen MR) is 125 cm³/mol. The summed E-state index contributed by atoms with van der Waals surface area (Å²) in [4.78, 5) is 12.5. The molecule has 2 aromatic carbocycles. The lowest BCUT2D eigenvalue weighted by Gasteiger charge is -2.24. The largest absolute Gasteiger partial charge is 0.492 e. The Morgan fingerprint density at radius 1 is 1.00 bits per heavy atom. The molecule has 34 heavy (non-hydrogen) atoms. The zero-order valence-electron chi connectivity index (χ0n) is 19.1. The number of nitrogens with one attached hydrogen (secondary N) is 1. The van der Waals surface area contributed by atoms with Gasteiger partial charge in [0, 0.05) is 20.2 Å². The molecule has 0 aliphatic carbocycles. The summed E-state index contributed by atoms with van der Waals surface area (Å²) in [7, 11) is -4.38. The first-order valence-electron chi connectivity index (χ1n) is 10.3. The second kappa shape index (κ2) is 10.5. The van der Waals surface area contributed by atoms with Crippen molar-refractivity contribution in [1.82, 2.24) is 9.62 Å². The third-order valence-corrected chi connectivity index (χ3v) is 7.77. The van der Waals surface area contributed by atoms with Gasteiger partial charge in [0.15, 0.2) is 11.5 Å². The van der Waals surface area contributed by atoms with Crippen LogP contribution in [0, 0.1) is 0 Å². The van der Waals surface area contributed by atoms with Gasteiger partial charge in [0.25, 0.3) is 0 Å². The number of amides is 1. The molecule has 3 rings (SSSR count). The molecule has 0 unspecified atom stereocenters. The van der Waals surface area contributed by atoms with E-state index in [1.807, 2.05) is 0 Å². The Labute approximate surface area is 199 Å². The van der Waals surface area contributed by atoms with Gasteiger partial charge in [0.05, 0.1) is 23.4 Å². The zero-order valence-corrected chi connectivity index (χ0v) is 20.7. The Kier molecular flexibility index (Phi) is 7.89. The first-order valence-corrected chi connectivity index (χ1v) is 13.6. The van der Waals surface area contributed by atoms with Crippen LogP contribution < -0.4 is 23.8 Å². The second-order valence-electron chi connectivity index (χ2n) is 7.55. The molecule has 0 radical (unpaired) electrons. The van der Waals surface area contributed by atoms with Crippen LogP contribution in [0.25, 0.3) is 0 Å². The van der Waals surface area contributed by atoms with Gasteiger partial charge in [-0.05, 0) is 36.4 Å². The van der Waals surface area contributed by atoms with Gasteiger partial charge in [-0.15, -0.1) is 0 Å². The monoisotopic (exact) mass is 513 g/mol. The number of ether oxygens (including phenoxy) is 3. The van der Waals surface area contributed by atoms with Crippen LogP contribution in [-0.4, -0.2) is 80.3 Å². The first-order chi connectivity index (χ1) is 16.0. The average Bonchev–Trinajstić information content (AvgIpc) is 2.79. The van der Waals surface area contributed by atoms with Gasteiger partial charge in [-0.25, -0.2) is 21.1 Å². The number of hydrogen-bond acceptors (Lipinski definition) is 8. The molecule has 0 atom stereocenters. The SMILES string of the molecule is CN(C)S(=O)(=O)c1ccc(OCCNC(=O)CN(c2ccc3c(c2)OCCO3)S(C)(=O)=O)cc1. The number of fused-ring (bicyclic) bond motifs is 1. The minimum Gasteiger partial charge on any atom is -0.492 e. The van der Waals surface area contributed by atoms with Crippen molar-refractivity contribution in [2.75, 3.05) is 57.6 Å². The van der Waals surface area contributed by atoms with Crippen molar-refractivity contribution < 1.29 is 35.8 Å². The summed E-state index contributed by atoms with van der Waals surface area (Å²) < 4.78 is 67.3. The van der Waals surface area contributed by atoms with Crippen molar-refractivity contribution >= 4 is 31.6 Å². The minimum absolute atomic E-state index is 0.106. The van der Waals surface area contributed by atoms with Crippen LogP contribution in [0.1, 0.15) is 0 Å². The van der Waals surface area contributed by atoms with E-state index in [4.69, 9.17) is 14.2 Å². The van der Waals surface area contributed by atoms with Crippen LogP contribution in [0.15, 0.2) is 47.4 Å². The smallest absolute Gasteiger partial charge is 0.242 e. The minimum atomic E-state index is -3.74. The van der Waals surface area contributed by atoms with E-state index in [1.54, 1.807) is 12.1 Å². The molecule has 11 nitrogen and oxygen atoms in total. The molecule has 1 aliphatic heterocycles. The number of nitrogens with zero attached hydrogens (tertiary/aromatic N) is 2. The highest BCUT2D eigenvalue weighted by Crippen LogP contribution is 2.34. The van der Waals surface area contributed by atoms with Crippen molar-refractivity contribution in [3.05, 3.63) is 42.5 Å². The molecule has 1 amide bonds. The van der Waals surface area contributed by atoms with Crippen LogP contribution in [0.2, 0.25) is 0 Å². The Hall–Kier alpha value is -3.03. The summed E-state index contributed by atoms with van der Waals surface area (Å²) in [6, 6.07) is 10.6. The molecule has 186 valence electrons. The molecular weight excluding hydrogens is 486 g/mol. The van der Waals surface area contributed by atoms with Crippen molar-refractivity contribution in [3.63, 3.8) is 0 Å². The van der Waals surface area contributed by atoms with Crippen molar-refractivity contribution in [3.8, 4) is 17.2 Å². The maximum Gasteiger partial charge on any atom is 0.242 e. The fourth-order valence-electron chi connectivity index (χ4n) is 3.05. The Bertz CT molecular complexity index is 1230. The third-order valence-electron chi connectivity index (χ3n) is 4.80. The Morgan fingerprint density at radius 2 is 1.65 bits per heavy atom. The zero-order chi connectivity index (χ0) is 24.9. The van der Waals surface area contributed by atoms with Crippen LogP contribution >= 0.6 is 0 Å². The van der Waals surface area contributed by atoms with Gasteiger partial charge < -0.3 is 19.5 Å². The summed E-state index contributed by atoms with van der Waals surface area (Å²) in [6.45, 7) is 0.565. The van der Waals surface area contributed by atoms with Gasteiger partial charge in [-0.2, -0.15) is 0 Å². The molecule has 0 spiro atoms. The van der Waals surface area contributed by atoms with Gasteiger partial charge in [-0.3, -0.25) is 9.10 Å². The summed E-state index contributed by atoms with van der Waals surface area (Å²) in [5.74, 6) is 0.838. The molecule has 0 fully saturated rings. The van der Waals surface area contributed by atoms with Crippen LogP contribution in [0.3, 0.4) is 0 Å². The van der Waals surface area contributed by atoms with Gasteiger partial charge in [0.1, 0.15) is 32.1 Å². The van der Waals surface area contributed by atoms with Crippen molar-refractivity contribution in [2.45, 2.75) is 4.90 Å². The average molecular weight is 514 g/mol. The highest BCUT2D eigenvalue weighted by molar-refractivity contribution is 7.92. The molecule has 0 bridgehead atoms. The lowest BCUT2D eigenvalue weighted by Crippen LogP contribution is -2.41. The number of sulfonamides is 2. The normalized spacial score (nSPS) is 13.4. The van der Waals surface area contributed by atoms with E-state index in [-0.39, 0.29) is 23.7 Å². The number of carbonyl (C=O) groups excluding carboxylic acids is 1. The molecule has 0 saturated carbocycles. The van der Waals surface area contributed by atoms with Crippen LogP contribution in [0.4, 0.5) is 5.69 Å². The van der Waals surface area contributed by atoms with Crippen molar-refractivity contribution in [1.29, 1.82) is 0 Å². The fraction of sp³-hybridized carbons (Fsp3) is 0.381. The lowest BCUT2D eigenvalue weighted by molar-refractivity contribution is -0.119. The molecule has 2 aromatic rings. The molecular formula is C21H27N3O8S2. The van der Waals surface area contributed by atoms with Gasteiger partial charge >= 0.3 is 0 Å². The van der Waals surface area contributed by atoms with Gasteiger partial charge in [0.2, 0.25) is 26.0 Å². The van der Waals surface area contributed by atoms with E-state index in [9.17, 15) is 21.6 Å². The highest BCUT2D eigenvalue weighted by atomic mass is 32.2. The molecule has 1 heterocycles. The molecule has 0 aromatic heterocycles. The highest BCUT2D eigenvalue weighted by Gasteiger charge is 2.23. The van der Waals surface area contributed by atoms with E-state index in [0.29, 0.717) is 30.5 Å².